The molecular weight excluding hydrogens is 597 g/mol. The third-order valence-electron chi connectivity index (χ3n) is 5.35. The molecule has 4 radical (unpaired) electrons. The van der Waals surface area contributed by atoms with Crippen LogP contribution in [0.5, 0.6) is 5.75 Å². The molecule has 14 heteroatoms. The highest BCUT2D eigenvalue weighted by Crippen LogP contribution is 2.25. The topological polar surface area (TPSA) is 102 Å². The maximum absolute atomic E-state index is 11.5. The van der Waals surface area contributed by atoms with Crippen LogP contribution in [0.15, 0.2) is 36.4 Å². The van der Waals surface area contributed by atoms with E-state index in [1.807, 2.05) is 45.0 Å². The smallest absolute Gasteiger partial charge is 0.490 e. The van der Waals surface area contributed by atoms with Crippen LogP contribution in [0.4, 0.5) is 0 Å². The van der Waals surface area contributed by atoms with E-state index in [0.717, 1.165) is 16.9 Å². The van der Waals surface area contributed by atoms with Crippen molar-refractivity contribution in [2.24, 2.45) is 0 Å². The van der Waals surface area contributed by atoms with Gasteiger partial charge in [0, 0.05) is 31.1 Å². The Balaban J connectivity index is 2.56. The number of para-hydroxylation sites is 1. The van der Waals surface area contributed by atoms with Gasteiger partial charge in [-0.05, 0) is 77.2 Å². The van der Waals surface area contributed by atoms with Crippen LogP contribution in [0.2, 0.25) is 37.5 Å². The van der Waals surface area contributed by atoms with E-state index in [1.54, 1.807) is 6.92 Å². The zero-order valence-electron chi connectivity index (χ0n) is 25.5. The van der Waals surface area contributed by atoms with Gasteiger partial charge in [0.1, 0.15) is 25.1 Å². The van der Waals surface area contributed by atoms with Crippen LogP contribution in [-0.4, -0.2) is 95.2 Å². The average molecular weight is 645 g/mol. The van der Waals surface area contributed by atoms with E-state index in [9.17, 15) is 9.90 Å². The second-order valence-corrected chi connectivity index (χ2v) is 25.1. The summed E-state index contributed by atoms with van der Waals surface area (Å²) in [5.41, 5.74) is 2.94. The monoisotopic (exact) mass is 644 g/mol. The van der Waals surface area contributed by atoms with Crippen molar-refractivity contribution in [2.75, 3.05) is 33.0 Å². The summed E-state index contributed by atoms with van der Waals surface area (Å²) in [6.45, 7) is 21.4. The minimum absolute atomic E-state index is 0.0167. The molecule has 0 aromatic heterocycles. The molecule has 0 bridgehead atoms. The molecule has 40 heavy (non-hydrogen) atoms. The Morgan fingerprint density at radius 3 is 2.08 bits per heavy atom. The minimum atomic E-state index is -2.75. The number of carbonyl (C=O) groups is 1. The van der Waals surface area contributed by atoms with Crippen molar-refractivity contribution >= 4 is 50.9 Å². The number of hydrogen-bond acceptors (Lipinski definition) is 9. The number of carbonyl (C=O) groups excluding carboxylic acids is 1. The van der Waals surface area contributed by atoms with E-state index < -0.39 is 37.5 Å². The summed E-state index contributed by atoms with van der Waals surface area (Å²) in [4.78, 5) is 11.5. The highest BCUT2D eigenvalue weighted by Gasteiger charge is 2.47. The molecule has 1 rings (SSSR count). The van der Waals surface area contributed by atoms with Crippen molar-refractivity contribution in [1.82, 2.24) is 0 Å². The van der Waals surface area contributed by atoms with E-state index in [0.29, 0.717) is 41.4 Å². The maximum atomic E-state index is 11.5. The minimum Gasteiger partial charge on any atom is -0.490 e. The molecule has 0 aliphatic rings. The molecule has 0 aliphatic carbocycles. The van der Waals surface area contributed by atoms with Gasteiger partial charge in [-0.3, -0.25) is 0 Å². The number of esters is 1. The average Bonchev–Trinajstić information content (AvgIpc) is 2.86. The quantitative estimate of drug-likeness (QED) is 0.113. The van der Waals surface area contributed by atoms with Crippen molar-refractivity contribution in [1.29, 1.82) is 0 Å². The lowest BCUT2D eigenvalue weighted by Gasteiger charge is -2.34. The standard InChI is InChI=1S/C26H48O9Si5/c1-10-31-40(32-11-2,33-12-3)21-39(8,9)35-37-20-38(6,7)34-36-19-23-15-13-14-16-25(23)29-17-24(27)18-30-26(28)22(4)5/h13-16,24,27H,4,10-12,17-21H2,1-3,5-9H3. The van der Waals surface area contributed by atoms with Crippen molar-refractivity contribution in [3.63, 3.8) is 0 Å². The SMILES string of the molecule is C=C(C)C(=O)OCC(O)COc1ccccc1C[Si]O[Si](C)(C)C[Si]O[Si](C)(C)C[Si](OCC)(OCC)OCC. The first-order chi connectivity index (χ1) is 18.8. The molecule has 0 fully saturated rings. The van der Waals surface area contributed by atoms with Crippen LogP contribution < -0.4 is 4.74 Å². The lowest BCUT2D eigenvalue weighted by atomic mass is 10.2. The third-order valence-corrected chi connectivity index (χ3v) is 22.8. The molecule has 0 heterocycles. The van der Waals surface area contributed by atoms with Crippen LogP contribution in [-0.2, 0) is 37.1 Å². The van der Waals surface area contributed by atoms with Crippen molar-refractivity contribution in [3.8, 4) is 5.75 Å². The zero-order valence-corrected chi connectivity index (χ0v) is 30.5. The van der Waals surface area contributed by atoms with E-state index in [2.05, 4.69) is 32.8 Å². The van der Waals surface area contributed by atoms with E-state index in [4.69, 9.17) is 31.0 Å². The Hall–Kier alpha value is -0.926. The Bertz CT molecular complexity index is 884. The Morgan fingerprint density at radius 1 is 0.925 bits per heavy atom. The van der Waals surface area contributed by atoms with Crippen LogP contribution in [0.25, 0.3) is 0 Å². The van der Waals surface area contributed by atoms with Gasteiger partial charge in [0.05, 0.1) is 0 Å². The normalized spacial score (nSPS) is 13.2. The van der Waals surface area contributed by atoms with Crippen molar-refractivity contribution < 1.29 is 40.9 Å². The molecule has 1 unspecified atom stereocenters. The Kier molecular flexibility index (Phi) is 17.2. The highest BCUT2D eigenvalue weighted by molar-refractivity contribution is 6.89. The van der Waals surface area contributed by atoms with Crippen molar-refractivity contribution in [3.05, 3.63) is 42.0 Å². The van der Waals surface area contributed by atoms with Gasteiger partial charge in [0.25, 0.3) is 0 Å². The molecule has 9 nitrogen and oxygen atoms in total. The molecule has 1 N–H and O–H groups in total. The summed E-state index contributed by atoms with van der Waals surface area (Å²) in [5, 5.41) is 10.1. The highest BCUT2D eigenvalue weighted by atomic mass is 28.5. The van der Waals surface area contributed by atoms with E-state index in [1.165, 1.54) is 0 Å². The molecule has 0 saturated carbocycles. The van der Waals surface area contributed by atoms with Gasteiger partial charge in [-0.25, -0.2) is 4.79 Å². The zero-order chi connectivity index (χ0) is 30.2. The fourth-order valence-electron chi connectivity index (χ4n) is 3.57. The van der Waals surface area contributed by atoms with Crippen LogP contribution in [0.1, 0.15) is 33.3 Å². The largest absolute Gasteiger partial charge is 0.500 e. The van der Waals surface area contributed by atoms with E-state index in [-0.39, 0.29) is 28.5 Å². The predicted molar refractivity (Wildman–Crippen MR) is 166 cm³/mol. The summed E-state index contributed by atoms with van der Waals surface area (Å²) in [6.07, 6.45) is -0.932. The molecule has 0 saturated heterocycles. The number of aliphatic hydroxyl groups is 1. The summed E-state index contributed by atoms with van der Waals surface area (Å²) < 4.78 is 41.9. The molecule has 1 aromatic carbocycles. The molecule has 1 atom stereocenters. The molecular formula is C26H48O9Si5. The number of hydrogen-bond donors (Lipinski definition) is 1. The van der Waals surface area contributed by atoms with E-state index >= 15 is 0 Å². The second kappa shape index (κ2) is 18.6. The third kappa shape index (κ3) is 14.8. The first-order valence-electron chi connectivity index (χ1n) is 13.7. The molecule has 1 aromatic rings. The fourth-order valence-corrected chi connectivity index (χ4v) is 18.6. The molecule has 0 aliphatic heterocycles. The summed E-state index contributed by atoms with van der Waals surface area (Å²) in [7, 11) is -6.12. The maximum Gasteiger partial charge on any atom is 0.500 e. The lowest BCUT2D eigenvalue weighted by Crippen LogP contribution is -2.53. The second-order valence-electron chi connectivity index (χ2n) is 10.5. The first-order valence-corrected chi connectivity index (χ1v) is 24.1. The number of aliphatic hydroxyl groups excluding tert-OH is 1. The van der Waals surface area contributed by atoms with Crippen LogP contribution in [0, 0.1) is 0 Å². The van der Waals surface area contributed by atoms with Gasteiger partial charge in [-0.2, -0.15) is 0 Å². The summed E-state index contributed by atoms with van der Waals surface area (Å²) in [6, 6.07) is 8.42. The van der Waals surface area contributed by atoms with Gasteiger partial charge in [-0.1, -0.05) is 24.8 Å². The molecule has 0 amide bonds. The number of ether oxygens (including phenoxy) is 2. The van der Waals surface area contributed by atoms with Gasteiger partial charge in [0.2, 0.25) is 19.5 Å². The molecule has 226 valence electrons. The van der Waals surface area contributed by atoms with Gasteiger partial charge in [0.15, 0.2) is 16.6 Å². The Morgan fingerprint density at radius 2 is 1.50 bits per heavy atom. The first kappa shape index (κ1) is 37.1. The summed E-state index contributed by atoms with van der Waals surface area (Å²) in [5.74, 6) is 0.157. The van der Waals surface area contributed by atoms with Gasteiger partial charge < -0.3 is 36.1 Å². The number of benzene rings is 1. The van der Waals surface area contributed by atoms with Gasteiger partial charge >= 0.3 is 14.8 Å². The van der Waals surface area contributed by atoms with Crippen LogP contribution in [0.3, 0.4) is 0 Å². The lowest BCUT2D eigenvalue weighted by molar-refractivity contribution is -0.142. The summed E-state index contributed by atoms with van der Waals surface area (Å²) >= 11 is 0. The van der Waals surface area contributed by atoms with Gasteiger partial charge in [-0.15, -0.1) is 0 Å². The molecule has 0 spiro atoms. The van der Waals surface area contributed by atoms with Crippen LogP contribution >= 0.6 is 0 Å². The fraction of sp³-hybridized carbons (Fsp3) is 0.654. The Labute approximate surface area is 249 Å². The predicted octanol–water partition coefficient (Wildman–Crippen LogP) is 4.27. The number of rotatable bonds is 22. The van der Waals surface area contributed by atoms with Crippen molar-refractivity contribution in [2.45, 2.75) is 77.4 Å².